The lowest BCUT2D eigenvalue weighted by atomic mass is 10.0. The van der Waals surface area contributed by atoms with Crippen LogP contribution in [0.2, 0.25) is 0 Å². The molecule has 0 aromatic carbocycles. The van der Waals surface area contributed by atoms with Crippen LogP contribution in [0.1, 0.15) is 226 Å². The Balaban J connectivity index is 4.23. The van der Waals surface area contributed by atoms with Gasteiger partial charge in [0.25, 0.3) is 0 Å². The van der Waals surface area contributed by atoms with Gasteiger partial charge in [0.1, 0.15) is 19.8 Å². The highest BCUT2D eigenvalue weighted by Gasteiger charge is 2.27. The number of allylic oxidation sites excluding steroid dienone is 6. The first-order valence-electron chi connectivity index (χ1n) is 25.2. The highest BCUT2D eigenvalue weighted by molar-refractivity contribution is 7.47. The van der Waals surface area contributed by atoms with E-state index in [-0.39, 0.29) is 32.0 Å². The van der Waals surface area contributed by atoms with E-state index in [1.807, 2.05) is 21.1 Å². The maximum Gasteiger partial charge on any atom is 0.472 e. The predicted octanol–water partition coefficient (Wildman–Crippen LogP) is 14.9. The van der Waals surface area contributed by atoms with E-state index >= 15 is 0 Å². The van der Waals surface area contributed by atoms with Gasteiger partial charge in [-0.15, -0.1) is 0 Å². The van der Waals surface area contributed by atoms with Crippen molar-refractivity contribution in [1.82, 2.24) is 0 Å². The predicted molar refractivity (Wildman–Crippen MR) is 257 cm³/mol. The van der Waals surface area contributed by atoms with Crippen LogP contribution in [0, 0.1) is 0 Å². The minimum Gasteiger partial charge on any atom is -0.462 e. The fourth-order valence-electron chi connectivity index (χ4n) is 6.92. The van der Waals surface area contributed by atoms with Gasteiger partial charge in [-0.1, -0.05) is 179 Å². The lowest BCUT2D eigenvalue weighted by Gasteiger charge is -2.24. The third kappa shape index (κ3) is 47.5. The normalized spacial score (nSPS) is 13.7. The molecule has 0 aromatic heterocycles. The maximum absolute atomic E-state index is 12.7. The van der Waals surface area contributed by atoms with Gasteiger partial charge < -0.3 is 18.9 Å². The molecule has 61 heavy (non-hydrogen) atoms. The zero-order chi connectivity index (χ0) is 45.0. The van der Waals surface area contributed by atoms with Crippen LogP contribution in [0.25, 0.3) is 0 Å². The number of phosphoric acid groups is 1. The summed E-state index contributed by atoms with van der Waals surface area (Å²) in [4.78, 5) is 35.5. The van der Waals surface area contributed by atoms with Gasteiger partial charge in [0, 0.05) is 12.8 Å². The lowest BCUT2D eigenvalue weighted by Crippen LogP contribution is -2.37. The number of hydrogen-bond donors (Lipinski definition) is 1. The zero-order valence-corrected chi connectivity index (χ0v) is 41.3. The summed E-state index contributed by atoms with van der Waals surface area (Å²) in [7, 11) is 1.47. The molecule has 0 aliphatic rings. The van der Waals surface area contributed by atoms with E-state index in [0.717, 1.165) is 64.2 Å². The van der Waals surface area contributed by atoms with E-state index in [0.29, 0.717) is 17.4 Å². The van der Waals surface area contributed by atoms with Gasteiger partial charge >= 0.3 is 19.8 Å². The highest BCUT2D eigenvalue weighted by atomic mass is 31.2. The molecule has 0 heterocycles. The Bertz CT molecular complexity index is 1130. The van der Waals surface area contributed by atoms with Gasteiger partial charge in [0.05, 0.1) is 27.7 Å². The fourth-order valence-corrected chi connectivity index (χ4v) is 7.66. The maximum atomic E-state index is 12.7. The Hall–Kier alpha value is -1.77. The molecule has 0 spiro atoms. The summed E-state index contributed by atoms with van der Waals surface area (Å²) in [6, 6.07) is 0. The molecule has 0 aliphatic heterocycles. The van der Waals surface area contributed by atoms with Crippen LogP contribution in [-0.4, -0.2) is 74.9 Å². The van der Waals surface area contributed by atoms with Crippen molar-refractivity contribution < 1.29 is 42.1 Å². The Morgan fingerprint density at radius 1 is 0.508 bits per heavy atom. The first kappa shape index (κ1) is 59.2. The van der Waals surface area contributed by atoms with Crippen LogP contribution in [-0.2, 0) is 32.7 Å². The van der Waals surface area contributed by atoms with Crippen molar-refractivity contribution in [1.29, 1.82) is 0 Å². The summed E-state index contributed by atoms with van der Waals surface area (Å²) in [6.07, 6.45) is 50.5. The van der Waals surface area contributed by atoms with Gasteiger partial charge in [0.2, 0.25) is 0 Å². The molecule has 0 saturated heterocycles. The number of unbranched alkanes of at least 4 members (excludes halogenated alkanes) is 26. The van der Waals surface area contributed by atoms with Crippen LogP contribution < -0.4 is 0 Å². The van der Waals surface area contributed by atoms with Gasteiger partial charge in [-0.25, -0.2) is 4.57 Å². The molecule has 0 rings (SSSR count). The number of hydrogen-bond acceptors (Lipinski definition) is 7. The monoisotopic (exact) mass is 883 g/mol. The first-order chi connectivity index (χ1) is 29.5. The van der Waals surface area contributed by atoms with Crippen molar-refractivity contribution in [3.63, 3.8) is 0 Å². The van der Waals surface area contributed by atoms with Crippen molar-refractivity contribution in [3.05, 3.63) is 36.5 Å². The number of rotatable bonds is 46. The number of phosphoric ester groups is 1. The molecule has 0 fully saturated rings. The second-order valence-electron chi connectivity index (χ2n) is 18.2. The second-order valence-corrected chi connectivity index (χ2v) is 19.6. The van der Waals surface area contributed by atoms with Crippen LogP contribution >= 0.6 is 7.82 Å². The molecule has 0 aliphatic carbocycles. The van der Waals surface area contributed by atoms with Gasteiger partial charge in [-0.3, -0.25) is 18.6 Å². The molecule has 0 bridgehead atoms. The minimum atomic E-state index is -4.38. The standard InChI is InChI=1S/C51H96NO8P/c1-6-8-10-12-14-16-18-20-22-23-24-25-26-27-28-29-30-32-34-36-38-40-42-44-51(54)60-49(48-59-61(55,56)58-46-45-52(3,4)5)47-57-50(53)43-41-39-37-35-33-31-21-19-17-15-13-11-9-7-2/h18-21,23-24,49H,6-17,22,25-48H2,1-5H3/p+1/b20-18-,21-19-,24-23-. The molecule has 0 amide bonds. The van der Waals surface area contributed by atoms with Gasteiger partial charge in [-0.2, -0.15) is 0 Å². The lowest BCUT2D eigenvalue weighted by molar-refractivity contribution is -0.870. The average Bonchev–Trinajstić information content (AvgIpc) is 3.21. The smallest absolute Gasteiger partial charge is 0.462 e. The summed E-state index contributed by atoms with van der Waals surface area (Å²) in [5, 5.41) is 0. The number of ether oxygens (including phenoxy) is 2. The summed E-state index contributed by atoms with van der Waals surface area (Å²) in [6.45, 7) is 4.41. The Kier molecular flexibility index (Phi) is 42.2. The molecular weight excluding hydrogens is 786 g/mol. The molecular formula is C51H97NO8P+. The Morgan fingerprint density at radius 3 is 1.31 bits per heavy atom. The highest BCUT2D eigenvalue weighted by Crippen LogP contribution is 2.43. The average molecular weight is 883 g/mol. The van der Waals surface area contributed by atoms with Crippen molar-refractivity contribution in [2.75, 3.05) is 47.5 Å². The minimum absolute atomic E-state index is 0.0304. The molecule has 1 N–H and O–H groups in total. The van der Waals surface area contributed by atoms with Crippen molar-refractivity contribution in [2.45, 2.75) is 232 Å². The van der Waals surface area contributed by atoms with E-state index in [4.69, 9.17) is 18.5 Å². The molecule has 2 unspecified atom stereocenters. The Labute approximate surface area is 376 Å². The molecule has 10 heteroatoms. The first-order valence-corrected chi connectivity index (χ1v) is 26.7. The summed E-state index contributed by atoms with van der Waals surface area (Å²) >= 11 is 0. The topological polar surface area (TPSA) is 108 Å². The van der Waals surface area contributed by atoms with Crippen LogP contribution in [0.4, 0.5) is 0 Å². The molecule has 0 saturated carbocycles. The van der Waals surface area contributed by atoms with E-state index in [1.165, 1.54) is 128 Å². The Morgan fingerprint density at radius 2 is 0.885 bits per heavy atom. The summed E-state index contributed by atoms with van der Waals surface area (Å²) in [5.41, 5.74) is 0. The molecule has 9 nitrogen and oxygen atoms in total. The number of carbonyl (C=O) groups is 2. The van der Waals surface area contributed by atoms with Crippen molar-refractivity contribution in [3.8, 4) is 0 Å². The van der Waals surface area contributed by atoms with Crippen LogP contribution in [0.15, 0.2) is 36.5 Å². The van der Waals surface area contributed by atoms with E-state index in [1.54, 1.807) is 0 Å². The summed E-state index contributed by atoms with van der Waals surface area (Å²) < 4.78 is 34.4. The van der Waals surface area contributed by atoms with Crippen molar-refractivity contribution >= 4 is 19.8 Å². The number of carbonyl (C=O) groups excluding carboxylic acids is 2. The molecule has 0 radical (unpaired) electrons. The third-order valence-electron chi connectivity index (χ3n) is 10.9. The molecule has 0 aromatic rings. The van der Waals surface area contributed by atoms with E-state index in [9.17, 15) is 19.0 Å². The number of quaternary nitrogens is 1. The quantitative estimate of drug-likeness (QED) is 0.0212. The largest absolute Gasteiger partial charge is 0.472 e. The number of esters is 2. The van der Waals surface area contributed by atoms with Crippen molar-refractivity contribution in [2.24, 2.45) is 0 Å². The van der Waals surface area contributed by atoms with Crippen LogP contribution in [0.5, 0.6) is 0 Å². The van der Waals surface area contributed by atoms with E-state index in [2.05, 4.69) is 50.3 Å². The van der Waals surface area contributed by atoms with E-state index < -0.39 is 26.5 Å². The zero-order valence-electron chi connectivity index (χ0n) is 40.4. The summed E-state index contributed by atoms with van der Waals surface area (Å²) in [5.74, 6) is -0.805. The van der Waals surface area contributed by atoms with Gasteiger partial charge in [-0.05, 0) is 70.6 Å². The third-order valence-corrected chi connectivity index (χ3v) is 11.9. The number of nitrogens with zero attached hydrogens (tertiary/aromatic N) is 1. The SMILES string of the molecule is CCCCCCC/C=C\C/C=C\CCCCCCCCCCCCCC(=O)OC(COC(=O)CCCCCCC/C=C\CCCCCCC)COP(=O)(O)OCC[N+](C)(C)C. The fraction of sp³-hybridized carbons (Fsp3) is 0.843. The molecule has 358 valence electrons. The number of likely N-dealkylation sites (N-methyl/N-ethyl adjacent to an activating group) is 1. The van der Waals surface area contributed by atoms with Crippen LogP contribution in [0.3, 0.4) is 0 Å². The molecule has 2 atom stereocenters. The van der Waals surface area contributed by atoms with Gasteiger partial charge in [0.15, 0.2) is 6.10 Å². The second kappa shape index (κ2) is 43.5.